The van der Waals surface area contributed by atoms with Crippen LogP contribution in [0, 0.1) is 0 Å². The monoisotopic (exact) mass is 240 g/mol. The van der Waals surface area contributed by atoms with Gasteiger partial charge in [0, 0.05) is 0 Å². The van der Waals surface area contributed by atoms with E-state index in [0.29, 0.717) is 13.1 Å². The van der Waals surface area contributed by atoms with E-state index in [0.717, 1.165) is 12.8 Å². The van der Waals surface area contributed by atoms with Crippen LogP contribution in [-0.2, 0) is 9.53 Å². The van der Waals surface area contributed by atoms with Crippen molar-refractivity contribution in [1.82, 2.24) is 0 Å². The summed E-state index contributed by atoms with van der Waals surface area (Å²) in [5, 5.41) is 0. The van der Waals surface area contributed by atoms with Crippen LogP contribution in [0.5, 0.6) is 0 Å². The predicted octanol–water partition coefficient (Wildman–Crippen LogP) is 4.64. The molecule has 0 aliphatic carbocycles. The van der Waals surface area contributed by atoms with E-state index < -0.39 is 0 Å². The zero-order valence-corrected chi connectivity index (χ0v) is 11.3. The van der Waals surface area contributed by atoms with Crippen LogP contribution in [0.3, 0.4) is 0 Å². The van der Waals surface area contributed by atoms with Crippen LogP contribution in [-0.4, -0.2) is 13.1 Å². The zero-order valence-electron chi connectivity index (χ0n) is 11.3. The quantitative estimate of drug-likeness (QED) is 0.266. The number of hydrogen-bond acceptors (Lipinski definition) is 2. The van der Waals surface area contributed by atoms with E-state index in [1.54, 1.807) is 0 Å². The summed E-state index contributed by atoms with van der Waals surface area (Å²) in [4.78, 5) is 9.87. The molecule has 0 saturated heterocycles. The second kappa shape index (κ2) is 15.2. The molecule has 0 N–H and O–H groups in total. The van der Waals surface area contributed by atoms with Crippen molar-refractivity contribution in [3.8, 4) is 0 Å². The summed E-state index contributed by atoms with van der Waals surface area (Å²) in [6.45, 7) is 3.36. The van der Waals surface area contributed by atoms with Gasteiger partial charge in [-0.1, -0.05) is 51.2 Å². The van der Waals surface area contributed by atoms with Crippen LogP contribution in [0.2, 0.25) is 0 Å². The molecule has 0 spiro atoms. The van der Waals surface area contributed by atoms with Gasteiger partial charge in [-0.3, -0.25) is 4.79 Å². The summed E-state index contributed by atoms with van der Waals surface area (Å²) >= 11 is 0. The van der Waals surface area contributed by atoms with Crippen LogP contribution in [0.1, 0.15) is 71.1 Å². The SMILES string of the molecule is CCCCCC/C=C/CCCCCCOC=O. The molecule has 0 fully saturated rings. The lowest BCUT2D eigenvalue weighted by Gasteiger charge is -1.98. The summed E-state index contributed by atoms with van der Waals surface area (Å²) in [7, 11) is 0. The van der Waals surface area contributed by atoms with Gasteiger partial charge in [0.1, 0.15) is 0 Å². The highest BCUT2D eigenvalue weighted by Crippen LogP contribution is 2.06. The van der Waals surface area contributed by atoms with Gasteiger partial charge in [0.2, 0.25) is 0 Å². The second-order valence-electron chi connectivity index (χ2n) is 4.49. The van der Waals surface area contributed by atoms with Crippen LogP contribution in [0.25, 0.3) is 0 Å². The summed E-state index contributed by atoms with van der Waals surface area (Å²) < 4.78 is 4.63. The van der Waals surface area contributed by atoms with Gasteiger partial charge in [-0.2, -0.15) is 0 Å². The molecule has 0 unspecified atom stereocenters. The third-order valence-corrected chi connectivity index (χ3v) is 2.84. The molecule has 0 amide bonds. The normalized spacial score (nSPS) is 10.9. The van der Waals surface area contributed by atoms with Gasteiger partial charge >= 0.3 is 0 Å². The molecule has 0 rings (SSSR count). The maximum Gasteiger partial charge on any atom is 0.293 e. The van der Waals surface area contributed by atoms with Crippen molar-refractivity contribution in [2.24, 2.45) is 0 Å². The maximum atomic E-state index is 9.87. The minimum atomic E-state index is 0.529. The third-order valence-electron chi connectivity index (χ3n) is 2.84. The van der Waals surface area contributed by atoms with Crippen molar-refractivity contribution in [2.75, 3.05) is 6.61 Å². The van der Waals surface area contributed by atoms with Crippen molar-refractivity contribution in [3.05, 3.63) is 12.2 Å². The molecule has 0 aromatic carbocycles. The lowest BCUT2D eigenvalue weighted by atomic mass is 10.1. The first-order valence-electron chi connectivity index (χ1n) is 7.12. The zero-order chi connectivity index (χ0) is 12.6. The van der Waals surface area contributed by atoms with Crippen molar-refractivity contribution >= 4 is 6.47 Å². The number of allylic oxidation sites excluding steroid dienone is 2. The van der Waals surface area contributed by atoms with E-state index in [2.05, 4.69) is 23.8 Å². The molecule has 0 aromatic heterocycles. The number of carbonyl (C=O) groups is 1. The van der Waals surface area contributed by atoms with Crippen LogP contribution < -0.4 is 0 Å². The minimum Gasteiger partial charge on any atom is -0.468 e. The van der Waals surface area contributed by atoms with E-state index in [4.69, 9.17) is 0 Å². The number of hydrogen-bond donors (Lipinski definition) is 0. The Labute approximate surface area is 106 Å². The highest BCUT2D eigenvalue weighted by Gasteiger charge is 1.89. The summed E-state index contributed by atoms with van der Waals surface area (Å²) in [5.74, 6) is 0. The van der Waals surface area contributed by atoms with Crippen molar-refractivity contribution in [2.45, 2.75) is 71.1 Å². The Morgan fingerprint density at radius 3 is 2.00 bits per heavy atom. The first kappa shape index (κ1) is 16.2. The van der Waals surface area contributed by atoms with E-state index in [9.17, 15) is 4.79 Å². The van der Waals surface area contributed by atoms with Crippen molar-refractivity contribution in [3.63, 3.8) is 0 Å². The first-order valence-corrected chi connectivity index (χ1v) is 7.12. The van der Waals surface area contributed by atoms with Crippen molar-refractivity contribution < 1.29 is 9.53 Å². The average molecular weight is 240 g/mol. The topological polar surface area (TPSA) is 26.3 Å². The molecule has 0 aliphatic rings. The molecular weight excluding hydrogens is 212 g/mol. The predicted molar refractivity (Wildman–Crippen MR) is 73.0 cm³/mol. The Morgan fingerprint density at radius 1 is 0.824 bits per heavy atom. The smallest absolute Gasteiger partial charge is 0.293 e. The van der Waals surface area contributed by atoms with Gasteiger partial charge in [0.25, 0.3) is 6.47 Å². The number of ether oxygens (including phenoxy) is 1. The van der Waals surface area contributed by atoms with E-state index in [1.165, 1.54) is 51.4 Å². The first-order chi connectivity index (χ1) is 8.41. The minimum absolute atomic E-state index is 0.529. The molecule has 0 radical (unpaired) electrons. The molecule has 0 saturated carbocycles. The Hall–Kier alpha value is -0.790. The standard InChI is InChI=1S/C15H28O2/c1-2-3-4-5-6-7-8-9-10-11-12-13-14-17-15-16/h7-8,15H,2-6,9-14H2,1H3/b8-7+. The molecule has 2 heteroatoms. The highest BCUT2D eigenvalue weighted by molar-refractivity contribution is 5.36. The van der Waals surface area contributed by atoms with Gasteiger partial charge in [0.15, 0.2) is 0 Å². The fourth-order valence-corrected chi connectivity index (χ4v) is 1.77. The van der Waals surface area contributed by atoms with Crippen LogP contribution in [0.15, 0.2) is 12.2 Å². The number of rotatable bonds is 13. The summed E-state index contributed by atoms with van der Waals surface area (Å²) in [5.41, 5.74) is 0. The van der Waals surface area contributed by atoms with Gasteiger partial charge in [-0.25, -0.2) is 0 Å². The van der Waals surface area contributed by atoms with E-state index >= 15 is 0 Å². The van der Waals surface area contributed by atoms with Gasteiger partial charge < -0.3 is 4.74 Å². The van der Waals surface area contributed by atoms with E-state index in [1.807, 2.05) is 0 Å². The number of carbonyl (C=O) groups excluding carboxylic acids is 1. The Kier molecular flexibility index (Phi) is 14.5. The van der Waals surface area contributed by atoms with Crippen LogP contribution >= 0.6 is 0 Å². The summed E-state index contributed by atoms with van der Waals surface area (Å²) in [6, 6.07) is 0. The highest BCUT2D eigenvalue weighted by atomic mass is 16.5. The van der Waals surface area contributed by atoms with Crippen molar-refractivity contribution in [1.29, 1.82) is 0 Å². The third kappa shape index (κ3) is 15.2. The molecule has 0 bridgehead atoms. The fourth-order valence-electron chi connectivity index (χ4n) is 1.77. The molecule has 17 heavy (non-hydrogen) atoms. The molecule has 0 heterocycles. The van der Waals surface area contributed by atoms with Gasteiger partial charge in [0.05, 0.1) is 6.61 Å². The fraction of sp³-hybridized carbons (Fsp3) is 0.800. The molecular formula is C15H28O2. The maximum absolute atomic E-state index is 9.87. The Morgan fingerprint density at radius 2 is 1.41 bits per heavy atom. The molecule has 0 aliphatic heterocycles. The van der Waals surface area contributed by atoms with Gasteiger partial charge in [-0.15, -0.1) is 0 Å². The lowest BCUT2D eigenvalue weighted by molar-refractivity contribution is -0.128. The average Bonchev–Trinajstić information content (AvgIpc) is 2.35. The molecule has 0 atom stereocenters. The molecule has 2 nitrogen and oxygen atoms in total. The van der Waals surface area contributed by atoms with E-state index in [-0.39, 0.29) is 0 Å². The number of unbranched alkanes of at least 4 members (excludes halogenated alkanes) is 8. The lowest BCUT2D eigenvalue weighted by Crippen LogP contribution is -1.90. The molecule has 0 aromatic rings. The van der Waals surface area contributed by atoms with Gasteiger partial charge in [-0.05, 0) is 32.1 Å². The summed E-state index contributed by atoms with van der Waals surface area (Å²) in [6.07, 6.45) is 17.1. The van der Waals surface area contributed by atoms with Crippen LogP contribution in [0.4, 0.5) is 0 Å². The Balaban J connectivity index is 3.01. The largest absolute Gasteiger partial charge is 0.468 e. The molecule has 100 valence electrons. The second-order valence-corrected chi connectivity index (χ2v) is 4.49. The Bertz CT molecular complexity index is 176.